The van der Waals surface area contributed by atoms with E-state index in [1.54, 1.807) is 13.1 Å². The molecule has 2 aromatic rings. The van der Waals surface area contributed by atoms with Gasteiger partial charge in [0.15, 0.2) is 0 Å². The van der Waals surface area contributed by atoms with Gasteiger partial charge in [0.1, 0.15) is 17.3 Å². The lowest BCUT2D eigenvalue weighted by Gasteiger charge is -2.05. The molecule has 16 heavy (non-hydrogen) atoms. The number of hydrogen-bond donors (Lipinski definition) is 0. The number of nitro benzene ring substituents is 1. The van der Waals surface area contributed by atoms with E-state index in [9.17, 15) is 14.5 Å². The van der Waals surface area contributed by atoms with E-state index in [4.69, 9.17) is 0 Å². The van der Waals surface area contributed by atoms with E-state index in [1.165, 1.54) is 10.8 Å². The molecule has 0 fully saturated rings. The van der Waals surface area contributed by atoms with Crippen LogP contribution in [0.2, 0.25) is 0 Å². The summed E-state index contributed by atoms with van der Waals surface area (Å²) < 4.78 is 14.6. The molecular formula is C10H8FN3O2. The first kappa shape index (κ1) is 10.3. The minimum atomic E-state index is -0.547. The van der Waals surface area contributed by atoms with E-state index < -0.39 is 10.7 Å². The molecule has 0 spiro atoms. The standard InChI is InChI=1S/C10H8FN3O2/c1-7-12-4-5-13(7)10-6-8(11)2-3-9(10)14(15)16/h2-6H,1H3. The first-order chi connectivity index (χ1) is 7.59. The molecule has 1 aromatic heterocycles. The van der Waals surface area contributed by atoms with Crippen molar-refractivity contribution in [3.63, 3.8) is 0 Å². The minimum Gasteiger partial charge on any atom is -0.298 e. The van der Waals surface area contributed by atoms with Gasteiger partial charge in [-0.25, -0.2) is 9.37 Å². The minimum absolute atomic E-state index is 0.150. The maximum Gasteiger partial charge on any atom is 0.293 e. The van der Waals surface area contributed by atoms with Crippen molar-refractivity contribution in [2.45, 2.75) is 6.92 Å². The molecule has 2 rings (SSSR count). The van der Waals surface area contributed by atoms with E-state index in [0.29, 0.717) is 5.82 Å². The SMILES string of the molecule is Cc1nccn1-c1cc(F)ccc1[N+](=O)[O-]. The number of rotatable bonds is 2. The fourth-order valence-electron chi connectivity index (χ4n) is 1.48. The number of halogens is 1. The predicted octanol–water partition coefficient (Wildman–Crippen LogP) is 2.23. The smallest absolute Gasteiger partial charge is 0.293 e. The van der Waals surface area contributed by atoms with Crippen LogP contribution >= 0.6 is 0 Å². The Morgan fingerprint density at radius 3 is 2.81 bits per heavy atom. The van der Waals surface area contributed by atoms with E-state index >= 15 is 0 Å². The summed E-state index contributed by atoms with van der Waals surface area (Å²) in [7, 11) is 0. The lowest BCUT2D eigenvalue weighted by molar-refractivity contribution is -0.384. The third-order valence-corrected chi connectivity index (χ3v) is 2.22. The van der Waals surface area contributed by atoms with Gasteiger partial charge in [-0.15, -0.1) is 0 Å². The zero-order valence-corrected chi connectivity index (χ0v) is 8.42. The van der Waals surface area contributed by atoms with E-state index in [2.05, 4.69) is 4.98 Å². The third kappa shape index (κ3) is 1.65. The fraction of sp³-hybridized carbons (Fsp3) is 0.100. The average Bonchev–Trinajstić information content (AvgIpc) is 2.63. The highest BCUT2D eigenvalue weighted by atomic mass is 19.1. The summed E-state index contributed by atoms with van der Waals surface area (Å²) in [6, 6.07) is 3.32. The van der Waals surface area contributed by atoms with Crippen LogP contribution in [0.15, 0.2) is 30.6 Å². The maximum absolute atomic E-state index is 13.1. The van der Waals surface area contributed by atoms with Crippen molar-refractivity contribution >= 4 is 5.69 Å². The van der Waals surface area contributed by atoms with Crippen LogP contribution in [0.1, 0.15) is 5.82 Å². The molecule has 0 N–H and O–H groups in total. The molecule has 0 amide bonds. The second-order valence-electron chi connectivity index (χ2n) is 3.23. The lowest BCUT2D eigenvalue weighted by atomic mass is 10.2. The van der Waals surface area contributed by atoms with Gasteiger partial charge in [-0.05, 0) is 13.0 Å². The zero-order valence-electron chi connectivity index (χ0n) is 8.42. The molecule has 0 aliphatic carbocycles. The molecule has 0 atom stereocenters. The molecule has 0 saturated heterocycles. The average molecular weight is 221 g/mol. The Balaban J connectivity index is 2.67. The molecule has 5 nitrogen and oxygen atoms in total. The summed E-state index contributed by atoms with van der Waals surface area (Å²) in [5, 5.41) is 10.8. The first-order valence-electron chi connectivity index (χ1n) is 4.54. The molecule has 1 aromatic carbocycles. The number of imidazole rings is 1. The molecule has 0 aliphatic rings. The monoisotopic (exact) mass is 221 g/mol. The van der Waals surface area contributed by atoms with Crippen molar-refractivity contribution < 1.29 is 9.31 Å². The van der Waals surface area contributed by atoms with Crippen molar-refractivity contribution in [3.05, 3.63) is 52.3 Å². The van der Waals surface area contributed by atoms with Crippen molar-refractivity contribution in [2.24, 2.45) is 0 Å². The summed E-state index contributed by atoms with van der Waals surface area (Å²) in [5.41, 5.74) is 0.0301. The van der Waals surface area contributed by atoms with Crippen molar-refractivity contribution in [2.75, 3.05) is 0 Å². The van der Waals surface area contributed by atoms with E-state index in [0.717, 1.165) is 18.2 Å². The highest BCUT2D eigenvalue weighted by Crippen LogP contribution is 2.24. The highest BCUT2D eigenvalue weighted by Gasteiger charge is 2.16. The van der Waals surface area contributed by atoms with E-state index in [1.807, 2.05) is 0 Å². The summed E-state index contributed by atoms with van der Waals surface area (Å²) in [5.74, 6) is 0.0439. The van der Waals surface area contributed by atoms with Crippen LogP contribution in [0.4, 0.5) is 10.1 Å². The summed E-state index contributed by atoms with van der Waals surface area (Å²) in [4.78, 5) is 14.2. The quantitative estimate of drug-likeness (QED) is 0.577. The molecule has 0 radical (unpaired) electrons. The fourth-order valence-corrected chi connectivity index (χ4v) is 1.48. The van der Waals surface area contributed by atoms with Gasteiger partial charge in [-0.3, -0.25) is 14.7 Å². The second-order valence-corrected chi connectivity index (χ2v) is 3.23. The molecule has 0 bridgehead atoms. The van der Waals surface area contributed by atoms with E-state index in [-0.39, 0.29) is 11.4 Å². The highest BCUT2D eigenvalue weighted by molar-refractivity contribution is 5.53. The Hall–Kier alpha value is -2.24. The van der Waals surface area contributed by atoms with Gasteiger partial charge in [0.2, 0.25) is 0 Å². The first-order valence-corrected chi connectivity index (χ1v) is 4.54. The molecule has 1 heterocycles. The van der Waals surface area contributed by atoms with Gasteiger partial charge < -0.3 is 0 Å². The molecule has 0 aliphatic heterocycles. The maximum atomic E-state index is 13.1. The summed E-state index contributed by atoms with van der Waals surface area (Å²) >= 11 is 0. The lowest BCUT2D eigenvalue weighted by Crippen LogP contribution is -2.01. The molecule has 0 unspecified atom stereocenters. The van der Waals surface area contributed by atoms with Crippen LogP contribution in [-0.4, -0.2) is 14.5 Å². The van der Waals surface area contributed by atoms with Crippen LogP contribution in [0.5, 0.6) is 0 Å². The zero-order chi connectivity index (χ0) is 11.7. The normalized spacial score (nSPS) is 10.4. The number of nitrogens with zero attached hydrogens (tertiary/aromatic N) is 3. The van der Waals surface area contributed by atoms with Gasteiger partial charge in [-0.2, -0.15) is 0 Å². The number of aryl methyl sites for hydroxylation is 1. The summed E-state index contributed by atoms with van der Waals surface area (Å²) in [6.07, 6.45) is 3.06. The summed E-state index contributed by atoms with van der Waals surface area (Å²) in [6.45, 7) is 1.69. The van der Waals surface area contributed by atoms with Crippen molar-refractivity contribution in [3.8, 4) is 5.69 Å². The van der Waals surface area contributed by atoms with Crippen LogP contribution in [0, 0.1) is 22.9 Å². The molecule has 0 saturated carbocycles. The Morgan fingerprint density at radius 1 is 1.50 bits per heavy atom. The molecule has 6 heteroatoms. The van der Waals surface area contributed by atoms with Gasteiger partial charge in [0.05, 0.1) is 4.92 Å². The van der Waals surface area contributed by atoms with Gasteiger partial charge in [-0.1, -0.05) is 0 Å². The molecular weight excluding hydrogens is 213 g/mol. The number of benzene rings is 1. The topological polar surface area (TPSA) is 61.0 Å². The Labute approximate surface area is 90.3 Å². The Morgan fingerprint density at radius 2 is 2.25 bits per heavy atom. The Bertz CT molecular complexity index is 551. The van der Waals surface area contributed by atoms with Crippen LogP contribution in [-0.2, 0) is 0 Å². The number of hydrogen-bond acceptors (Lipinski definition) is 3. The van der Waals surface area contributed by atoms with Gasteiger partial charge in [0, 0.05) is 24.5 Å². The van der Waals surface area contributed by atoms with Gasteiger partial charge in [0.25, 0.3) is 5.69 Å². The van der Waals surface area contributed by atoms with Crippen molar-refractivity contribution in [1.29, 1.82) is 0 Å². The largest absolute Gasteiger partial charge is 0.298 e. The predicted molar refractivity (Wildman–Crippen MR) is 54.9 cm³/mol. The molecule has 82 valence electrons. The number of nitro groups is 1. The second kappa shape index (κ2) is 3.73. The van der Waals surface area contributed by atoms with Gasteiger partial charge >= 0.3 is 0 Å². The van der Waals surface area contributed by atoms with Crippen LogP contribution < -0.4 is 0 Å². The van der Waals surface area contributed by atoms with Crippen molar-refractivity contribution in [1.82, 2.24) is 9.55 Å². The third-order valence-electron chi connectivity index (χ3n) is 2.22. The number of aromatic nitrogens is 2. The van der Waals surface area contributed by atoms with Crippen LogP contribution in [0.3, 0.4) is 0 Å². The Kier molecular flexibility index (Phi) is 2.40. The van der Waals surface area contributed by atoms with Crippen LogP contribution in [0.25, 0.3) is 5.69 Å².